The maximum absolute atomic E-state index is 13.0. The van der Waals surface area contributed by atoms with Crippen LogP contribution in [0.15, 0.2) is 53.7 Å². The normalized spacial score (nSPS) is 14.3. The lowest BCUT2D eigenvalue weighted by Crippen LogP contribution is -2.36. The highest BCUT2D eigenvalue weighted by atomic mass is 32.2. The zero-order chi connectivity index (χ0) is 23.2. The molecule has 0 unspecified atom stereocenters. The Kier molecular flexibility index (Phi) is 7.54. The van der Waals surface area contributed by atoms with Crippen LogP contribution < -0.4 is 9.64 Å². The lowest BCUT2D eigenvalue weighted by molar-refractivity contribution is -0.128. The molecule has 1 saturated heterocycles. The minimum atomic E-state index is 0.152. The summed E-state index contributed by atoms with van der Waals surface area (Å²) in [6.07, 6.45) is 0.949. The minimum Gasteiger partial charge on any atom is -0.497 e. The summed E-state index contributed by atoms with van der Waals surface area (Å²) in [5, 5.41) is 9.58. The molecular weight excluding hydrogens is 434 g/mol. The third kappa shape index (κ3) is 5.50. The molecule has 8 heteroatoms. The Morgan fingerprint density at radius 2 is 1.88 bits per heavy atom. The van der Waals surface area contributed by atoms with Crippen molar-refractivity contribution in [2.75, 3.05) is 43.9 Å². The van der Waals surface area contributed by atoms with Gasteiger partial charge in [-0.15, -0.1) is 10.2 Å². The highest BCUT2D eigenvalue weighted by Crippen LogP contribution is 2.25. The average molecular weight is 466 g/mol. The molecule has 1 aromatic heterocycles. The number of anilines is 1. The van der Waals surface area contributed by atoms with E-state index in [2.05, 4.69) is 63.8 Å². The number of benzene rings is 2. The molecule has 4 rings (SSSR count). The Balaban J connectivity index is 1.36. The van der Waals surface area contributed by atoms with Crippen molar-refractivity contribution in [1.29, 1.82) is 0 Å². The van der Waals surface area contributed by atoms with Gasteiger partial charge in [0, 0.05) is 44.0 Å². The van der Waals surface area contributed by atoms with Crippen molar-refractivity contribution in [3.05, 3.63) is 54.1 Å². The fourth-order valence-electron chi connectivity index (χ4n) is 4.11. The minimum absolute atomic E-state index is 0.152. The molecular formula is C25H31N5O2S. The second kappa shape index (κ2) is 10.7. The number of methoxy groups -OCH3 is 1. The summed E-state index contributed by atoms with van der Waals surface area (Å²) in [6.45, 7) is 8.17. The van der Waals surface area contributed by atoms with Crippen molar-refractivity contribution < 1.29 is 9.53 Å². The van der Waals surface area contributed by atoms with Crippen LogP contribution in [0.25, 0.3) is 11.4 Å². The van der Waals surface area contributed by atoms with Crippen LogP contribution >= 0.6 is 11.8 Å². The molecule has 33 heavy (non-hydrogen) atoms. The second-order valence-corrected chi connectivity index (χ2v) is 9.07. The van der Waals surface area contributed by atoms with E-state index in [4.69, 9.17) is 4.74 Å². The van der Waals surface area contributed by atoms with E-state index < -0.39 is 0 Å². The number of rotatable bonds is 7. The molecule has 2 heterocycles. The molecule has 0 spiro atoms. The van der Waals surface area contributed by atoms with Gasteiger partial charge in [-0.2, -0.15) is 0 Å². The number of aromatic nitrogens is 3. The van der Waals surface area contributed by atoms with Gasteiger partial charge in [-0.3, -0.25) is 4.79 Å². The molecule has 1 fully saturated rings. The number of carbonyl (C=O) groups is 1. The van der Waals surface area contributed by atoms with Crippen LogP contribution in [0.3, 0.4) is 0 Å². The Labute approximate surface area is 199 Å². The highest BCUT2D eigenvalue weighted by molar-refractivity contribution is 7.99. The van der Waals surface area contributed by atoms with Crippen LogP contribution in [-0.2, 0) is 11.3 Å². The van der Waals surface area contributed by atoms with Crippen LogP contribution in [0.4, 0.5) is 5.69 Å². The van der Waals surface area contributed by atoms with Crippen molar-refractivity contribution in [2.45, 2.75) is 32.0 Å². The predicted molar refractivity (Wildman–Crippen MR) is 133 cm³/mol. The second-order valence-electron chi connectivity index (χ2n) is 8.13. The highest BCUT2D eigenvalue weighted by Gasteiger charge is 2.21. The summed E-state index contributed by atoms with van der Waals surface area (Å²) in [6, 6.07) is 16.4. The first-order valence-corrected chi connectivity index (χ1v) is 12.4. The fraction of sp³-hybridized carbons (Fsp3) is 0.400. The number of hydrogen-bond acceptors (Lipinski definition) is 6. The molecule has 1 aliphatic rings. The lowest BCUT2D eigenvalue weighted by atomic mass is 10.1. The van der Waals surface area contributed by atoms with Gasteiger partial charge in [-0.1, -0.05) is 35.5 Å². The number of thioether (sulfide) groups is 1. The molecule has 3 aromatic rings. The Morgan fingerprint density at radius 1 is 1.06 bits per heavy atom. The largest absolute Gasteiger partial charge is 0.497 e. The van der Waals surface area contributed by atoms with Crippen molar-refractivity contribution in [3.63, 3.8) is 0 Å². The van der Waals surface area contributed by atoms with E-state index in [-0.39, 0.29) is 5.91 Å². The molecule has 2 aromatic carbocycles. The number of aryl methyl sites for hydroxylation is 1. The van der Waals surface area contributed by atoms with Gasteiger partial charge < -0.3 is 19.1 Å². The summed E-state index contributed by atoms with van der Waals surface area (Å²) in [5.74, 6) is 2.22. The molecule has 0 radical (unpaired) electrons. The van der Waals surface area contributed by atoms with E-state index in [1.165, 1.54) is 23.0 Å². The Bertz CT molecular complexity index is 1080. The molecule has 0 atom stereocenters. The summed E-state index contributed by atoms with van der Waals surface area (Å²) in [4.78, 5) is 17.3. The molecule has 1 amide bonds. The molecule has 174 valence electrons. The summed E-state index contributed by atoms with van der Waals surface area (Å²) in [5.41, 5.74) is 3.40. The zero-order valence-electron chi connectivity index (χ0n) is 19.5. The van der Waals surface area contributed by atoms with Gasteiger partial charge in [0.25, 0.3) is 0 Å². The first-order valence-electron chi connectivity index (χ1n) is 11.4. The number of ether oxygens (including phenoxy) is 1. The van der Waals surface area contributed by atoms with Crippen LogP contribution in [-0.4, -0.2) is 64.6 Å². The quantitative estimate of drug-likeness (QED) is 0.489. The van der Waals surface area contributed by atoms with Gasteiger partial charge in [0.2, 0.25) is 5.91 Å². The average Bonchev–Trinajstić information content (AvgIpc) is 3.09. The maximum atomic E-state index is 13.0. The van der Waals surface area contributed by atoms with E-state index in [0.717, 1.165) is 61.4 Å². The van der Waals surface area contributed by atoms with Crippen molar-refractivity contribution in [1.82, 2.24) is 19.7 Å². The van der Waals surface area contributed by atoms with Gasteiger partial charge >= 0.3 is 0 Å². The molecule has 1 aliphatic heterocycles. The van der Waals surface area contributed by atoms with Gasteiger partial charge in [-0.05, 0) is 50.6 Å². The van der Waals surface area contributed by atoms with Crippen molar-refractivity contribution in [3.8, 4) is 17.1 Å². The van der Waals surface area contributed by atoms with Gasteiger partial charge in [-0.25, -0.2) is 0 Å². The third-order valence-electron chi connectivity index (χ3n) is 5.92. The van der Waals surface area contributed by atoms with Gasteiger partial charge in [0.1, 0.15) is 5.75 Å². The summed E-state index contributed by atoms with van der Waals surface area (Å²) < 4.78 is 7.34. The van der Waals surface area contributed by atoms with Gasteiger partial charge in [0.05, 0.1) is 12.9 Å². The van der Waals surface area contributed by atoms with E-state index in [1.807, 2.05) is 23.1 Å². The Hall–Kier alpha value is -3.00. The number of hydrogen-bond donors (Lipinski definition) is 0. The van der Waals surface area contributed by atoms with E-state index in [0.29, 0.717) is 5.75 Å². The first kappa shape index (κ1) is 23.2. The monoisotopic (exact) mass is 465 g/mol. The fourth-order valence-corrected chi connectivity index (χ4v) is 5.02. The summed E-state index contributed by atoms with van der Waals surface area (Å²) >= 11 is 1.47. The molecule has 0 saturated carbocycles. The number of nitrogens with zero attached hydrogens (tertiary/aromatic N) is 5. The van der Waals surface area contributed by atoms with Gasteiger partial charge in [0.15, 0.2) is 11.0 Å². The summed E-state index contributed by atoms with van der Waals surface area (Å²) in [7, 11) is 1.68. The molecule has 7 nitrogen and oxygen atoms in total. The standard InChI is InChI=1S/C25H31N5O2S/c1-4-30-24(20-8-5-7-19(2)17-20)26-27-25(30)33-18-23(31)29-14-6-13-28(15-16-29)21-9-11-22(32-3)12-10-21/h5,7-12,17H,4,6,13-16,18H2,1-3H3. The van der Waals surface area contributed by atoms with Crippen LogP contribution in [0.5, 0.6) is 5.75 Å². The van der Waals surface area contributed by atoms with Crippen LogP contribution in [0.2, 0.25) is 0 Å². The molecule has 0 aliphatic carbocycles. The predicted octanol–water partition coefficient (Wildman–Crippen LogP) is 4.11. The molecule has 0 bridgehead atoms. The topological polar surface area (TPSA) is 63.5 Å². The maximum Gasteiger partial charge on any atom is 0.233 e. The number of amides is 1. The lowest BCUT2D eigenvalue weighted by Gasteiger charge is -2.24. The Morgan fingerprint density at radius 3 is 2.61 bits per heavy atom. The smallest absolute Gasteiger partial charge is 0.233 e. The van der Waals surface area contributed by atoms with E-state index >= 15 is 0 Å². The zero-order valence-corrected chi connectivity index (χ0v) is 20.3. The number of carbonyl (C=O) groups excluding carboxylic acids is 1. The first-order chi connectivity index (χ1) is 16.1. The van der Waals surface area contributed by atoms with E-state index in [9.17, 15) is 4.79 Å². The van der Waals surface area contributed by atoms with Crippen LogP contribution in [0.1, 0.15) is 18.9 Å². The van der Waals surface area contributed by atoms with Crippen molar-refractivity contribution >= 4 is 23.4 Å². The third-order valence-corrected chi connectivity index (χ3v) is 6.87. The molecule has 0 N–H and O–H groups in total. The van der Waals surface area contributed by atoms with Crippen LogP contribution in [0, 0.1) is 6.92 Å². The van der Waals surface area contributed by atoms with Crippen molar-refractivity contribution in [2.24, 2.45) is 0 Å². The SMILES string of the molecule is CCn1c(SCC(=O)N2CCCN(c3ccc(OC)cc3)CC2)nnc1-c1cccc(C)c1. The van der Waals surface area contributed by atoms with E-state index in [1.54, 1.807) is 7.11 Å².